The van der Waals surface area contributed by atoms with E-state index in [-0.39, 0.29) is 17.6 Å². The van der Waals surface area contributed by atoms with Crippen LogP contribution < -0.4 is 15.1 Å². The van der Waals surface area contributed by atoms with Gasteiger partial charge in [0.2, 0.25) is 5.95 Å². The van der Waals surface area contributed by atoms with Crippen LogP contribution in [0.1, 0.15) is 48.0 Å². The van der Waals surface area contributed by atoms with E-state index in [0.717, 1.165) is 48.9 Å². The van der Waals surface area contributed by atoms with E-state index in [4.69, 9.17) is 9.97 Å². The minimum Gasteiger partial charge on any atom is -0.477 e. The number of nitrogens with zero attached hydrogens (tertiary/aromatic N) is 5. The molecular weight excluding hydrogens is 444 g/mol. The summed E-state index contributed by atoms with van der Waals surface area (Å²) in [7, 11) is 0. The molecule has 0 radical (unpaired) electrons. The zero-order chi connectivity index (χ0) is 23.5. The number of aliphatic hydroxyl groups is 2. The van der Waals surface area contributed by atoms with Gasteiger partial charge in [-0.25, -0.2) is 9.78 Å². The quantitative estimate of drug-likeness (QED) is 0.472. The molecule has 0 aromatic carbocycles. The van der Waals surface area contributed by atoms with Gasteiger partial charge in [0.1, 0.15) is 16.5 Å². The maximum Gasteiger partial charge on any atom is 0.347 e. The van der Waals surface area contributed by atoms with Crippen LogP contribution >= 0.6 is 11.3 Å². The van der Waals surface area contributed by atoms with Crippen LogP contribution in [0.3, 0.4) is 0 Å². The first-order valence-electron chi connectivity index (χ1n) is 11.5. The van der Waals surface area contributed by atoms with Crippen LogP contribution in [-0.4, -0.2) is 75.1 Å². The number of hydrogen-bond donors (Lipinski definition) is 4. The third-order valence-corrected chi connectivity index (χ3v) is 7.71. The van der Waals surface area contributed by atoms with E-state index < -0.39 is 5.97 Å². The van der Waals surface area contributed by atoms with Gasteiger partial charge in [-0.05, 0) is 44.4 Å². The number of thiazole rings is 1. The molecule has 0 saturated carbocycles. The highest BCUT2D eigenvalue weighted by molar-refractivity contribution is 7.17. The maximum absolute atomic E-state index is 11.4. The van der Waals surface area contributed by atoms with Crippen molar-refractivity contribution < 1.29 is 20.1 Å². The molecule has 1 unspecified atom stereocenters. The van der Waals surface area contributed by atoms with E-state index in [1.165, 1.54) is 0 Å². The molecule has 4 N–H and O–H groups in total. The summed E-state index contributed by atoms with van der Waals surface area (Å²) in [5.41, 5.74) is 0.455. The molecule has 0 bridgehead atoms. The SMILES string of the molecule is Cc1nc(Nc2nc(N3CCC(O)CC3)cc(N3CCC(C(C)CO)CC3)n2)sc1C(=O)O. The van der Waals surface area contributed by atoms with Crippen molar-refractivity contribution >= 4 is 40.0 Å². The molecule has 2 aromatic rings. The number of rotatable bonds is 7. The van der Waals surface area contributed by atoms with Crippen LogP contribution in [0.15, 0.2) is 6.07 Å². The van der Waals surface area contributed by atoms with E-state index >= 15 is 0 Å². The van der Waals surface area contributed by atoms with Gasteiger partial charge in [0.15, 0.2) is 5.13 Å². The van der Waals surface area contributed by atoms with Gasteiger partial charge in [-0.2, -0.15) is 9.97 Å². The first-order chi connectivity index (χ1) is 15.8. The van der Waals surface area contributed by atoms with Gasteiger partial charge in [0.05, 0.1) is 11.8 Å². The van der Waals surface area contributed by atoms with Gasteiger partial charge in [0, 0.05) is 38.9 Å². The molecule has 2 saturated heterocycles. The molecule has 1 atom stereocenters. The van der Waals surface area contributed by atoms with Crippen LogP contribution in [0.4, 0.5) is 22.7 Å². The van der Waals surface area contributed by atoms with Crippen LogP contribution in [0.2, 0.25) is 0 Å². The molecule has 2 fully saturated rings. The van der Waals surface area contributed by atoms with Crippen LogP contribution in [0, 0.1) is 18.8 Å². The van der Waals surface area contributed by atoms with Crippen molar-refractivity contribution in [3.8, 4) is 0 Å². The van der Waals surface area contributed by atoms with Crippen molar-refractivity contribution in [3.05, 3.63) is 16.6 Å². The molecule has 33 heavy (non-hydrogen) atoms. The van der Waals surface area contributed by atoms with Gasteiger partial charge in [-0.1, -0.05) is 18.3 Å². The first kappa shape index (κ1) is 23.7. The summed E-state index contributed by atoms with van der Waals surface area (Å²) in [5.74, 6) is 1.77. The lowest BCUT2D eigenvalue weighted by Crippen LogP contribution is -2.38. The first-order valence-corrected chi connectivity index (χ1v) is 12.3. The molecule has 4 heterocycles. The van der Waals surface area contributed by atoms with Gasteiger partial charge in [-0.3, -0.25) is 5.32 Å². The Morgan fingerprint density at radius 1 is 1.12 bits per heavy atom. The number of aromatic carboxylic acids is 1. The fourth-order valence-electron chi connectivity index (χ4n) is 4.49. The smallest absolute Gasteiger partial charge is 0.347 e. The molecule has 180 valence electrons. The Kier molecular flexibility index (Phi) is 7.30. The van der Waals surface area contributed by atoms with Gasteiger partial charge in [-0.15, -0.1) is 0 Å². The molecule has 0 aliphatic carbocycles. The van der Waals surface area contributed by atoms with E-state index in [9.17, 15) is 20.1 Å². The van der Waals surface area contributed by atoms with Crippen LogP contribution in [0.5, 0.6) is 0 Å². The molecule has 0 spiro atoms. The van der Waals surface area contributed by atoms with Crippen LogP contribution in [0.25, 0.3) is 0 Å². The predicted molar refractivity (Wildman–Crippen MR) is 128 cm³/mol. The number of hydrogen-bond acceptors (Lipinski definition) is 10. The Balaban J connectivity index is 1.58. The number of aliphatic hydroxyl groups excluding tert-OH is 2. The van der Waals surface area contributed by atoms with E-state index in [1.54, 1.807) is 6.92 Å². The Bertz CT molecular complexity index is 970. The number of carboxylic acids is 1. The molecule has 2 aromatic heterocycles. The average molecular weight is 477 g/mol. The minimum atomic E-state index is -1.000. The van der Waals surface area contributed by atoms with Crippen molar-refractivity contribution in [1.29, 1.82) is 0 Å². The standard InChI is InChI=1S/C22H32N6O4S/c1-13(12-29)15-3-7-27(8-4-15)17-11-18(28-9-5-16(30)6-10-28)25-21(24-17)26-22-23-14(2)19(33-22)20(31)32/h11,13,15-16,29-30H,3-10,12H2,1-2H3,(H,31,32)(H,23,24,25,26). The second-order valence-corrected chi connectivity index (χ2v) is 9.97. The number of aromatic nitrogens is 3. The third-order valence-electron chi connectivity index (χ3n) is 6.65. The summed E-state index contributed by atoms with van der Waals surface area (Å²) in [6.07, 6.45) is 3.10. The highest BCUT2D eigenvalue weighted by Crippen LogP contribution is 2.31. The fourth-order valence-corrected chi connectivity index (χ4v) is 5.29. The molecular formula is C22H32N6O4S. The summed E-state index contributed by atoms with van der Waals surface area (Å²) in [4.78, 5) is 29.7. The van der Waals surface area contributed by atoms with E-state index in [1.807, 2.05) is 6.07 Å². The van der Waals surface area contributed by atoms with E-state index in [0.29, 0.717) is 54.5 Å². The summed E-state index contributed by atoms with van der Waals surface area (Å²) in [6.45, 7) is 7.11. The van der Waals surface area contributed by atoms with Gasteiger partial charge >= 0.3 is 5.97 Å². The predicted octanol–water partition coefficient (Wildman–Crippen LogP) is 2.49. The summed E-state index contributed by atoms with van der Waals surface area (Å²) in [6, 6.07) is 1.99. The number of carbonyl (C=O) groups is 1. The monoisotopic (exact) mass is 476 g/mol. The van der Waals surface area contributed by atoms with Crippen molar-refractivity contribution in [2.24, 2.45) is 11.8 Å². The average Bonchev–Trinajstić information content (AvgIpc) is 3.19. The Hall–Kier alpha value is -2.50. The lowest BCUT2D eigenvalue weighted by Gasteiger charge is -2.36. The van der Waals surface area contributed by atoms with Gasteiger partial charge < -0.3 is 25.1 Å². The third kappa shape index (κ3) is 5.53. The topological polar surface area (TPSA) is 135 Å². The molecule has 0 amide bonds. The van der Waals surface area contributed by atoms with Crippen LogP contribution in [-0.2, 0) is 0 Å². The summed E-state index contributed by atoms with van der Waals surface area (Å²) in [5, 5.41) is 32.3. The number of anilines is 4. The van der Waals surface area contributed by atoms with Crippen molar-refractivity contribution in [2.45, 2.75) is 45.6 Å². The Morgan fingerprint density at radius 2 is 1.70 bits per heavy atom. The Labute approximate surface area is 197 Å². The van der Waals surface area contributed by atoms with Crippen molar-refractivity contribution in [1.82, 2.24) is 15.0 Å². The summed E-state index contributed by atoms with van der Waals surface area (Å²) >= 11 is 1.07. The molecule has 4 rings (SSSR count). The van der Waals surface area contributed by atoms with E-state index in [2.05, 4.69) is 27.0 Å². The number of piperidine rings is 2. The lowest BCUT2D eigenvalue weighted by molar-refractivity contribution is 0.0701. The number of aryl methyl sites for hydroxylation is 1. The molecule has 11 heteroatoms. The second kappa shape index (κ2) is 10.2. The number of nitrogens with one attached hydrogen (secondary N) is 1. The highest BCUT2D eigenvalue weighted by atomic mass is 32.1. The zero-order valence-corrected chi connectivity index (χ0v) is 19.9. The maximum atomic E-state index is 11.4. The summed E-state index contributed by atoms with van der Waals surface area (Å²) < 4.78 is 0. The second-order valence-electron chi connectivity index (χ2n) is 8.97. The molecule has 2 aliphatic heterocycles. The fraction of sp³-hybridized carbons (Fsp3) is 0.636. The largest absolute Gasteiger partial charge is 0.477 e. The highest BCUT2D eigenvalue weighted by Gasteiger charge is 2.26. The minimum absolute atomic E-state index is 0.193. The molecule has 2 aliphatic rings. The molecule has 10 nitrogen and oxygen atoms in total. The van der Waals surface area contributed by atoms with Crippen molar-refractivity contribution in [3.63, 3.8) is 0 Å². The normalized spacial score (nSPS) is 19.0. The number of carboxylic acid groups (broad SMARTS) is 1. The van der Waals surface area contributed by atoms with Crippen molar-refractivity contribution in [2.75, 3.05) is 47.9 Å². The van der Waals surface area contributed by atoms with Gasteiger partial charge in [0.25, 0.3) is 0 Å². The Morgan fingerprint density at radius 3 is 2.21 bits per heavy atom. The zero-order valence-electron chi connectivity index (χ0n) is 19.1. The lowest BCUT2D eigenvalue weighted by atomic mass is 9.86.